The fourth-order valence-corrected chi connectivity index (χ4v) is 5.16. The van der Waals surface area contributed by atoms with Crippen molar-refractivity contribution in [3.63, 3.8) is 0 Å². The van der Waals surface area contributed by atoms with Gasteiger partial charge in [0, 0.05) is 36.0 Å². The molecule has 0 heterocycles. The number of hydrogen-bond acceptors (Lipinski definition) is 3. The third kappa shape index (κ3) is 3.25. The van der Waals surface area contributed by atoms with Crippen molar-refractivity contribution in [2.24, 2.45) is 0 Å². The minimum atomic E-state index is -1.61. The van der Waals surface area contributed by atoms with Crippen LogP contribution >= 0.6 is 0 Å². The Hall–Kier alpha value is -3.51. The molecule has 0 aliphatic heterocycles. The van der Waals surface area contributed by atoms with Crippen LogP contribution in [-0.4, -0.2) is 30.1 Å². The molecule has 0 aliphatic rings. The van der Waals surface area contributed by atoms with E-state index >= 15 is 0 Å². The summed E-state index contributed by atoms with van der Waals surface area (Å²) in [4.78, 5) is 26.0. The molecule has 0 saturated carbocycles. The topological polar surface area (TPSA) is 75.3 Å². The number of rotatable bonds is 4. The molecule has 5 nitrogen and oxygen atoms in total. The largest absolute Gasteiger partial charge is 0.355 e. The summed E-state index contributed by atoms with van der Waals surface area (Å²) in [5.41, 5.74) is 0.927. The molecule has 0 fully saturated rings. The summed E-state index contributed by atoms with van der Waals surface area (Å²) in [6, 6.07) is 21.8. The maximum Gasteiger partial charge on any atom is 0.251 e. The van der Waals surface area contributed by atoms with Gasteiger partial charge in [0.2, 0.25) is 0 Å². The van der Waals surface area contributed by atoms with Gasteiger partial charge in [-0.1, -0.05) is 48.5 Å². The second-order valence-electron chi connectivity index (χ2n) is 6.75. The van der Waals surface area contributed by atoms with Gasteiger partial charge in [-0.05, 0) is 35.0 Å². The molecule has 150 valence electrons. The molecule has 4 rings (SSSR count). The van der Waals surface area contributed by atoms with Gasteiger partial charge in [-0.2, -0.15) is 0 Å². The van der Waals surface area contributed by atoms with Gasteiger partial charge in [0.1, 0.15) is 0 Å². The molecule has 2 N–H and O–H groups in total. The van der Waals surface area contributed by atoms with E-state index < -0.39 is 10.8 Å². The van der Waals surface area contributed by atoms with Gasteiger partial charge in [-0.3, -0.25) is 9.59 Å². The first-order chi connectivity index (χ1) is 14.6. The molecule has 6 heteroatoms. The highest BCUT2D eigenvalue weighted by Crippen LogP contribution is 2.33. The highest BCUT2D eigenvalue weighted by molar-refractivity contribution is 7.85. The number of benzene rings is 4. The van der Waals surface area contributed by atoms with Crippen molar-refractivity contribution >= 4 is 44.2 Å². The van der Waals surface area contributed by atoms with E-state index in [0.29, 0.717) is 31.7 Å². The minimum Gasteiger partial charge on any atom is -0.355 e. The zero-order valence-corrected chi connectivity index (χ0v) is 17.4. The lowest BCUT2D eigenvalue weighted by Crippen LogP contribution is -2.19. The predicted molar refractivity (Wildman–Crippen MR) is 119 cm³/mol. The van der Waals surface area contributed by atoms with Crippen molar-refractivity contribution in [3.8, 4) is 0 Å². The average Bonchev–Trinajstić information content (AvgIpc) is 2.81. The van der Waals surface area contributed by atoms with Gasteiger partial charge in [-0.25, -0.2) is 4.21 Å². The Bertz CT molecular complexity index is 1220. The molecule has 0 radical (unpaired) electrons. The molecule has 0 saturated heterocycles. The maximum atomic E-state index is 13.8. The lowest BCUT2D eigenvalue weighted by molar-refractivity contribution is 0.0956. The fraction of sp³-hybridized carbons (Fsp3) is 0.0833. The Kier molecular flexibility index (Phi) is 5.33. The van der Waals surface area contributed by atoms with Crippen LogP contribution in [0.1, 0.15) is 20.7 Å². The fourth-order valence-electron chi connectivity index (χ4n) is 3.69. The highest BCUT2D eigenvalue weighted by Gasteiger charge is 2.20. The van der Waals surface area contributed by atoms with E-state index in [9.17, 15) is 13.8 Å². The molecular formula is C24H20N2O3S. The first kappa shape index (κ1) is 19.8. The molecule has 0 unspecified atom stereocenters. The van der Waals surface area contributed by atoms with Gasteiger partial charge in [0.05, 0.1) is 20.6 Å². The Labute approximate surface area is 176 Å². The molecule has 4 aromatic carbocycles. The van der Waals surface area contributed by atoms with E-state index in [4.69, 9.17) is 0 Å². The summed E-state index contributed by atoms with van der Waals surface area (Å²) in [7, 11) is 1.53. The summed E-state index contributed by atoms with van der Waals surface area (Å²) in [6.07, 6.45) is 0. The van der Waals surface area contributed by atoms with Crippen LogP contribution in [0.4, 0.5) is 0 Å². The lowest BCUT2D eigenvalue weighted by Gasteiger charge is -2.14. The van der Waals surface area contributed by atoms with Crippen LogP contribution < -0.4 is 10.6 Å². The molecule has 30 heavy (non-hydrogen) atoms. The standard InChI is InChI=1S/C24H20N2O3S/c1-25-23(27)17-11-3-7-15-9-5-13-19(21(15)17)30(29)20-14-6-10-16-8-4-12-18(22(16)20)24(28)26-2/h3-14H,1-2H3,(H,25,27)(H,26,28). The molecule has 0 aliphatic carbocycles. The SMILES string of the molecule is CNC(=O)c1cccc2cccc(S(=O)c3cccc4cccc(C(=O)NC)c34)c12. The van der Waals surface area contributed by atoms with Gasteiger partial charge in [0.15, 0.2) is 0 Å². The molecule has 4 aromatic rings. The average molecular weight is 417 g/mol. The molecule has 0 bridgehead atoms. The summed E-state index contributed by atoms with van der Waals surface area (Å²) in [5, 5.41) is 8.25. The van der Waals surface area contributed by atoms with Crippen LogP contribution in [0.5, 0.6) is 0 Å². The second kappa shape index (κ2) is 8.08. The van der Waals surface area contributed by atoms with Crippen molar-refractivity contribution in [3.05, 3.63) is 83.9 Å². The Morgan fingerprint density at radius 3 is 1.37 bits per heavy atom. The van der Waals surface area contributed by atoms with Gasteiger partial charge < -0.3 is 10.6 Å². The van der Waals surface area contributed by atoms with Crippen molar-refractivity contribution in [2.75, 3.05) is 14.1 Å². The van der Waals surface area contributed by atoms with E-state index in [1.54, 1.807) is 50.5 Å². The number of nitrogens with one attached hydrogen (secondary N) is 2. The zero-order valence-electron chi connectivity index (χ0n) is 16.6. The summed E-state index contributed by atoms with van der Waals surface area (Å²) in [6.45, 7) is 0. The van der Waals surface area contributed by atoms with Crippen LogP contribution in [0.2, 0.25) is 0 Å². The number of carbonyl (C=O) groups excluding carboxylic acids is 2. The van der Waals surface area contributed by atoms with Crippen LogP contribution in [0.25, 0.3) is 21.5 Å². The van der Waals surface area contributed by atoms with Crippen LogP contribution in [0.15, 0.2) is 82.6 Å². The Morgan fingerprint density at radius 1 is 0.633 bits per heavy atom. The van der Waals surface area contributed by atoms with E-state index in [1.807, 2.05) is 36.4 Å². The monoisotopic (exact) mass is 416 g/mol. The van der Waals surface area contributed by atoms with Gasteiger partial charge in [0.25, 0.3) is 11.8 Å². The molecule has 2 amide bonds. The normalized spacial score (nSPS) is 11.0. The van der Waals surface area contributed by atoms with Crippen molar-refractivity contribution in [2.45, 2.75) is 9.79 Å². The van der Waals surface area contributed by atoms with Crippen LogP contribution in [0.3, 0.4) is 0 Å². The van der Waals surface area contributed by atoms with Crippen molar-refractivity contribution in [1.82, 2.24) is 10.6 Å². The smallest absolute Gasteiger partial charge is 0.251 e. The van der Waals surface area contributed by atoms with E-state index in [1.165, 1.54) is 0 Å². The summed E-state index contributed by atoms with van der Waals surface area (Å²) >= 11 is 0. The summed E-state index contributed by atoms with van der Waals surface area (Å²) < 4.78 is 13.8. The van der Waals surface area contributed by atoms with E-state index in [0.717, 1.165) is 10.8 Å². The second-order valence-corrected chi connectivity index (χ2v) is 8.16. The predicted octanol–water partition coefficient (Wildman–Crippen LogP) is 3.88. The zero-order chi connectivity index (χ0) is 21.3. The first-order valence-corrected chi connectivity index (χ1v) is 10.6. The maximum absolute atomic E-state index is 13.8. The molecule has 0 aromatic heterocycles. The highest BCUT2D eigenvalue weighted by atomic mass is 32.2. The van der Waals surface area contributed by atoms with E-state index in [2.05, 4.69) is 10.6 Å². The number of fused-ring (bicyclic) bond motifs is 2. The summed E-state index contributed by atoms with van der Waals surface area (Å²) in [5.74, 6) is -0.483. The number of amides is 2. The molecular weight excluding hydrogens is 396 g/mol. The van der Waals surface area contributed by atoms with Crippen LogP contribution in [-0.2, 0) is 10.8 Å². The van der Waals surface area contributed by atoms with Gasteiger partial charge in [-0.15, -0.1) is 0 Å². The number of carbonyl (C=O) groups is 2. The quantitative estimate of drug-likeness (QED) is 0.530. The molecule has 0 atom stereocenters. The minimum absolute atomic E-state index is 0.242. The van der Waals surface area contributed by atoms with Crippen molar-refractivity contribution in [1.29, 1.82) is 0 Å². The third-order valence-electron chi connectivity index (χ3n) is 5.08. The van der Waals surface area contributed by atoms with Crippen LogP contribution in [0, 0.1) is 0 Å². The van der Waals surface area contributed by atoms with E-state index in [-0.39, 0.29) is 11.8 Å². The first-order valence-electron chi connectivity index (χ1n) is 9.46. The lowest BCUT2D eigenvalue weighted by atomic mass is 10.0. The van der Waals surface area contributed by atoms with Gasteiger partial charge >= 0.3 is 0 Å². The Balaban J connectivity index is 2.02. The molecule has 0 spiro atoms. The number of hydrogen-bond donors (Lipinski definition) is 2. The Morgan fingerprint density at radius 2 is 1.00 bits per heavy atom. The van der Waals surface area contributed by atoms with Crippen molar-refractivity contribution < 1.29 is 13.8 Å². The third-order valence-corrected chi connectivity index (χ3v) is 6.56.